The third-order valence-electron chi connectivity index (χ3n) is 3.72. The van der Waals surface area contributed by atoms with Gasteiger partial charge in [-0.15, -0.1) is 0 Å². The van der Waals surface area contributed by atoms with Crippen molar-refractivity contribution < 1.29 is 13.5 Å². The molecule has 4 nitrogen and oxygen atoms in total. The molecule has 1 fully saturated rings. The minimum Gasteiger partial charge on any atom is -0.399 e. The highest BCUT2D eigenvalue weighted by Crippen LogP contribution is 2.36. The first-order valence-electron chi connectivity index (χ1n) is 6.32. The molecule has 2 heterocycles. The van der Waals surface area contributed by atoms with E-state index in [1.807, 2.05) is 39.8 Å². The van der Waals surface area contributed by atoms with Gasteiger partial charge in [0.15, 0.2) is 0 Å². The summed E-state index contributed by atoms with van der Waals surface area (Å²) >= 11 is 0. The van der Waals surface area contributed by atoms with Crippen molar-refractivity contribution in [2.75, 3.05) is 6.26 Å². The molecule has 1 aromatic heterocycles. The quantitative estimate of drug-likeness (QED) is 0.783. The first-order chi connectivity index (χ1) is 8.71. The Hall–Kier alpha value is -0.715. The molecule has 104 valence electrons. The van der Waals surface area contributed by atoms with E-state index in [1.165, 1.54) is 0 Å². The lowest BCUT2D eigenvalue weighted by atomic mass is 9.79. The summed E-state index contributed by atoms with van der Waals surface area (Å²) in [5, 5.41) is 0. The topological polar surface area (TPSA) is 48.4 Å². The third-order valence-corrected chi connectivity index (χ3v) is 4.42. The Kier molecular flexibility index (Phi) is 3.86. The van der Waals surface area contributed by atoms with Crippen molar-refractivity contribution in [1.82, 2.24) is 4.98 Å². The van der Waals surface area contributed by atoms with Crippen molar-refractivity contribution >= 4 is 23.4 Å². The normalized spacial score (nSPS) is 22.5. The van der Waals surface area contributed by atoms with Crippen LogP contribution in [0.4, 0.5) is 0 Å². The zero-order valence-corrected chi connectivity index (χ0v) is 12.9. The van der Waals surface area contributed by atoms with Gasteiger partial charge >= 0.3 is 7.12 Å². The number of hydrogen-bond donors (Lipinski definition) is 0. The summed E-state index contributed by atoms with van der Waals surface area (Å²) in [5.41, 5.74) is 1.02. The molecule has 1 atom stereocenters. The van der Waals surface area contributed by atoms with Gasteiger partial charge in [-0.1, -0.05) is 0 Å². The van der Waals surface area contributed by atoms with Gasteiger partial charge in [-0.2, -0.15) is 0 Å². The smallest absolute Gasteiger partial charge is 0.399 e. The summed E-state index contributed by atoms with van der Waals surface area (Å²) < 4.78 is 23.2. The van der Waals surface area contributed by atoms with Gasteiger partial charge in [0, 0.05) is 23.3 Å². The van der Waals surface area contributed by atoms with Gasteiger partial charge in [0.25, 0.3) is 0 Å². The van der Waals surface area contributed by atoms with Crippen LogP contribution in [-0.4, -0.2) is 33.8 Å². The zero-order valence-electron chi connectivity index (χ0n) is 12.1. The molecule has 1 aromatic rings. The van der Waals surface area contributed by atoms with E-state index in [-0.39, 0.29) is 11.2 Å². The highest BCUT2D eigenvalue weighted by molar-refractivity contribution is 7.83. The van der Waals surface area contributed by atoms with Crippen LogP contribution in [0.3, 0.4) is 0 Å². The number of aromatic nitrogens is 1. The van der Waals surface area contributed by atoms with Crippen molar-refractivity contribution in [1.29, 1.82) is 0 Å². The van der Waals surface area contributed by atoms with Gasteiger partial charge in [0.05, 0.1) is 22.6 Å². The average molecular weight is 281 g/mol. The average Bonchev–Trinajstić information content (AvgIpc) is 2.47. The van der Waals surface area contributed by atoms with E-state index >= 15 is 0 Å². The molecule has 1 unspecified atom stereocenters. The van der Waals surface area contributed by atoms with Crippen LogP contribution < -0.4 is 5.46 Å². The lowest BCUT2D eigenvalue weighted by Crippen LogP contribution is -2.41. The van der Waals surface area contributed by atoms with Crippen LogP contribution in [0.25, 0.3) is 0 Å². The fourth-order valence-corrected chi connectivity index (χ4v) is 2.48. The Morgan fingerprint density at radius 3 is 2.37 bits per heavy atom. The molecule has 0 spiro atoms. The fraction of sp³-hybridized carbons (Fsp3) is 0.615. The van der Waals surface area contributed by atoms with Crippen molar-refractivity contribution in [3.8, 4) is 0 Å². The van der Waals surface area contributed by atoms with Gasteiger partial charge < -0.3 is 9.31 Å². The van der Waals surface area contributed by atoms with Crippen LogP contribution in [-0.2, 0) is 25.9 Å². The maximum absolute atomic E-state index is 11.3. The van der Waals surface area contributed by atoms with Crippen LogP contribution in [0.2, 0.25) is 0 Å². The number of rotatable bonds is 3. The van der Waals surface area contributed by atoms with E-state index in [1.54, 1.807) is 12.5 Å². The predicted molar refractivity (Wildman–Crippen MR) is 77.7 cm³/mol. The van der Waals surface area contributed by atoms with Crippen LogP contribution >= 0.6 is 0 Å². The van der Waals surface area contributed by atoms with Gasteiger partial charge in [0.1, 0.15) is 0 Å². The Balaban J connectivity index is 2.22. The fourth-order valence-electron chi connectivity index (χ4n) is 1.91. The molecule has 0 aliphatic carbocycles. The molecule has 0 amide bonds. The summed E-state index contributed by atoms with van der Waals surface area (Å²) in [6.45, 7) is 8.10. The second-order valence-corrected chi connectivity index (χ2v) is 7.32. The van der Waals surface area contributed by atoms with Crippen LogP contribution in [0.5, 0.6) is 0 Å². The zero-order chi connectivity index (χ0) is 14.3. The lowest BCUT2D eigenvalue weighted by Gasteiger charge is -2.32. The molecule has 0 bridgehead atoms. The molecule has 19 heavy (non-hydrogen) atoms. The van der Waals surface area contributed by atoms with E-state index in [2.05, 4.69) is 4.98 Å². The number of pyridine rings is 1. The Morgan fingerprint density at radius 2 is 1.84 bits per heavy atom. The van der Waals surface area contributed by atoms with Gasteiger partial charge in [-0.25, -0.2) is 0 Å². The first-order valence-corrected chi connectivity index (χ1v) is 8.04. The molecule has 0 aromatic carbocycles. The molecule has 6 heteroatoms. The Labute approximate surface area is 117 Å². The van der Waals surface area contributed by atoms with Gasteiger partial charge in [0.2, 0.25) is 0 Å². The SMILES string of the molecule is CS(=O)Cc1cc(B2OC(C)(C)C(C)(C)O2)ccn1. The minimum absolute atomic E-state index is 0.353. The Morgan fingerprint density at radius 1 is 1.26 bits per heavy atom. The van der Waals surface area contributed by atoms with E-state index in [4.69, 9.17) is 9.31 Å². The van der Waals surface area contributed by atoms with E-state index in [0.29, 0.717) is 5.75 Å². The van der Waals surface area contributed by atoms with E-state index in [9.17, 15) is 4.21 Å². The van der Waals surface area contributed by atoms with Crippen molar-refractivity contribution in [3.05, 3.63) is 24.0 Å². The number of nitrogens with zero attached hydrogens (tertiary/aromatic N) is 1. The predicted octanol–water partition coefficient (Wildman–Crippen LogP) is 1.26. The highest BCUT2D eigenvalue weighted by atomic mass is 32.2. The van der Waals surface area contributed by atoms with Gasteiger partial charge in [-0.05, 0) is 45.3 Å². The summed E-state index contributed by atoms with van der Waals surface area (Å²) in [4.78, 5) is 4.22. The second-order valence-electron chi connectivity index (χ2n) is 5.89. The summed E-state index contributed by atoms with van der Waals surface area (Å²) in [5.74, 6) is 0.452. The molecule has 0 N–H and O–H groups in total. The van der Waals surface area contributed by atoms with Crippen LogP contribution in [0.1, 0.15) is 33.4 Å². The summed E-state index contributed by atoms with van der Waals surface area (Å²) in [6, 6.07) is 3.79. The Bertz CT molecular complexity index is 488. The lowest BCUT2D eigenvalue weighted by molar-refractivity contribution is 0.00578. The van der Waals surface area contributed by atoms with Crippen molar-refractivity contribution in [2.24, 2.45) is 0 Å². The molecule has 2 rings (SSSR count). The molecular weight excluding hydrogens is 261 g/mol. The maximum atomic E-state index is 11.3. The monoisotopic (exact) mass is 281 g/mol. The summed E-state index contributed by atoms with van der Waals surface area (Å²) in [6.07, 6.45) is 3.38. The maximum Gasteiger partial charge on any atom is 0.494 e. The molecule has 1 saturated heterocycles. The third kappa shape index (κ3) is 3.07. The molecule has 0 radical (unpaired) electrons. The molecule has 1 aliphatic heterocycles. The van der Waals surface area contributed by atoms with Crippen molar-refractivity contribution in [2.45, 2.75) is 44.6 Å². The first kappa shape index (κ1) is 14.7. The van der Waals surface area contributed by atoms with Crippen LogP contribution in [0, 0.1) is 0 Å². The largest absolute Gasteiger partial charge is 0.494 e. The van der Waals surface area contributed by atoms with Gasteiger partial charge in [-0.3, -0.25) is 9.19 Å². The standard InChI is InChI=1S/C13H20BNO3S/c1-12(2)13(3,4)18-14(17-12)10-6-7-15-11(8-10)9-19(5)16/h6-8H,9H2,1-5H3. The number of hydrogen-bond acceptors (Lipinski definition) is 4. The summed E-state index contributed by atoms with van der Waals surface area (Å²) in [7, 11) is -1.29. The van der Waals surface area contributed by atoms with Crippen LogP contribution in [0.15, 0.2) is 18.3 Å². The molecular formula is C13H20BNO3S. The van der Waals surface area contributed by atoms with E-state index in [0.717, 1.165) is 11.2 Å². The minimum atomic E-state index is -0.901. The second kappa shape index (κ2) is 5.00. The highest BCUT2D eigenvalue weighted by Gasteiger charge is 2.51. The van der Waals surface area contributed by atoms with E-state index < -0.39 is 17.9 Å². The van der Waals surface area contributed by atoms with Crippen molar-refractivity contribution in [3.63, 3.8) is 0 Å². The molecule has 0 saturated carbocycles. The molecule has 1 aliphatic rings.